The summed E-state index contributed by atoms with van der Waals surface area (Å²) in [6, 6.07) is 0. The highest BCUT2D eigenvalue weighted by Gasteiger charge is 2.43. The molecule has 2 N–H and O–H groups in total. The van der Waals surface area contributed by atoms with E-state index in [4.69, 9.17) is 0 Å². The highest BCUT2D eigenvalue weighted by Crippen LogP contribution is 2.26. The Bertz CT molecular complexity index is 160. The van der Waals surface area contributed by atoms with Crippen molar-refractivity contribution in [2.45, 2.75) is 24.8 Å². The molecule has 0 aromatic rings. The van der Waals surface area contributed by atoms with Crippen molar-refractivity contribution in [3.05, 3.63) is 0 Å². The monoisotopic (exact) mass is 176 g/mol. The van der Waals surface area contributed by atoms with Crippen molar-refractivity contribution in [2.24, 2.45) is 0 Å². The van der Waals surface area contributed by atoms with Gasteiger partial charge in [-0.15, -0.1) is 12.4 Å². The van der Waals surface area contributed by atoms with E-state index >= 15 is 0 Å². The lowest BCUT2D eigenvalue weighted by Gasteiger charge is -2.18. The first kappa shape index (κ1) is 8.81. The number of nitrogens with one attached hydrogen (secondary N) is 2. The number of carbonyl (C=O) groups excluding carboxylic acids is 1. The highest BCUT2D eigenvalue weighted by molar-refractivity contribution is 5.88. The van der Waals surface area contributed by atoms with Gasteiger partial charge in [0.15, 0.2) is 0 Å². The Balaban J connectivity index is 0.000000605. The molecule has 64 valence electrons. The summed E-state index contributed by atoms with van der Waals surface area (Å²) in [5, 5.41) is 6.12. The van der Waals surface area contributed by atoms with Crippen LogP contribution in [0.3, 0.4) is 0 Å². The van der Waals surface area contributed by atoms with Gasteiger partial charge < -0.3 is 10.6 Å². The van der Waals surface area contributed by atoms with Crippen molar-refractivity contribution in [1.29, 1.82) is 0 Å². The van der Waals surface area contributed by atoms with Crippen LogP contribution in [0.25, 0.3) is 0 Å². The molecule has 3 nitrogen and oxygen atoms in total. The van der Waals surface area contributed by atoms with Crippen LogP contribution in [0.1, 0.15) is 19.3 Å². The van der Waals surface area contributed by atoms with Gasteiger partial charge in [0.1, 0.15) is 0 Å². The van der Waals surface area contributed by atoms with E-state index in [0.717, 1.165) is 32.4 Å². The third-order valence-corrected chi connectivity index (χ3v) is 2.52. The van der Waals surface area contributed by atoms with Gasteiger partial charge in [0.05, 0.1) is 5.54 Å². The van der Waals surface area contributed by atoms with Crippen molar-refractivity contribution in [3.8, 4) is 0 Å². The van der Waals surface area contributed by atoms with Gasteiger partial charge in [-0.25, -0.2) is 0 Å². The van der Waals surface area contributed by atoms with Crippen LogP contribution in [0.5, 0.6) is 0 Å². The van der Waals surface area contributed by atoms with Gasteiger partial charge in [0.2, 0.25) is 5.91 Å². The van der Waals surface area contributed by atoms with Crippen LogP contribution < -0.4 is 10.6 Å². The van der Waals surface area contributed by atoms with E-state index < -0.39 is 0 Å². The lowest BCUT2D eigenvalue weighted by atomic mass is 9.96. The Morgan fingerprint density at radius 2 is 2.09 bits per heavy atom. The fourth-order valence-electron chi connectivity index (χ4n) is 1.89. The zero-order valence-corrected chi connectivity index (χ0v) is 7.17. The fraction of sp³-hybridized carbons (Fsp3) is 0.857. The van der Waals surface area contributed by atoms with Crippen LogP contribution in [0.4, 0.5) is 0 Å². The van der Waals surface area contributed by atoms with E-state index in [1.54, 1.807) is 0 Å². The summed E-state index contributed by atoms with van der Waals surface area (Å²) in [5.74, 6) is 0.213. The first-order valence-corrected chi connectivity index (χ1v) is 3.87. The lowest BCUT2D eigenvalue weighted by molar-refractivity contribution is -0.124. The van der Waals surface area contributed by atoms with Gasteiger partial charge in [-0.05, 0) is 25.8 Å². The summed E-state index contributed by atoms with van der Waals surface area (Å²) in [5.41, 5.74) is -0.153. The maximum atomic E-state index is 11.2. The first-order chi connectivity index (χ1) is 4.83. The van der Waals surface area contributed by atoms with E-state index in [2.05, 4.69) is 10.6 Å². The predicted molar refractivity (Wildman–Crippen MR) is 44.8 cm³/mol. The van der Waals surface area contributed by atoms with Crippen LogP contribution in [-0.4, -0.2) is 24.5 Å². The minimum absolute atomic E-state index is 0. The number of hydrogen-bond acceptors (Lipinski definition) is 2. The minimum atomic E-state index is -0.153. The Morgan fingerprint density at radius 3 is 2.55 bits per heavy atom. The molecule has 0 radical (unpaired) electrons. The molecule has 0 aromatic carbocycles. The third-order valence-electron chi connectivity index (χ3n) is 2.52. The van der Waals surface area contributed by atoms with Crippen LogP contribution in [0, 0.1) is 0 Å². The van der Waals surface area contributed by atoms with E-state index in [-0.39, 0.29) is 23.9 Å². The summed E-state index contributed by atoms with van der Waals surface area (Å²) in [7, 11) is 0. The Morgan fingerprint density at radius 1 is 1.27 bits per heavy atom. The number of amides is 1. The van der Waals surface area contributed by atoms with E-state index in [9.17, 15) is 4.79 Å². The number of carbonyl (C=O) groups is 1. The van der Waals surface area contributed by atoms with E-state index in [0.29, 0.717) is 0 Å². The summed E-state index contributed by atoms with van der Waals surface area (Å²) in [4.78, 5) is 11.2. The molecule has 2 heterocycles. The van der Waals surface area contributed by atoms with Gasteiger partial charge in [-0.3, -0.25) is 4.79 Å². The molecule has 11 heavy (non-hydrogen) atoms. The second kappa shape index (κ2) is 2.99. The molecule has 2 aliphatic heterocycles. The molecular weight excluding hydrogens is 164 g/mol. The predicted octanol–water partition coefficient (Wildman–Crippen LogP) is 0.0503. The molecule has 0 aliphatic carbocycles. The second-order valence-corrected chi connectivity index (χ2v) is 3.12. The van der Waals surface area contributed by atoms with Crippen molar-refractivity contribution in [1.82, 2.24) is 10.6 Å². The maximum Gasteiger partial charge on any atom is 0.240 e. The van der Waals surface area contributed by atoms with Crippen molar-refractivity contribution in [3.63, 3.8) is 0 Å². The summed E-state index contributed by atoms with van der Waals surface area (Å²) in [6.07, 6.45) is 3.15. The topological polar surface area (TPSA) is 41.1 Å². The lowest BCUT2D eigenvalue weighted by Crippen LogP contribution is -2.46. The van der Waals surface area contributed by atoms with E-state index in [1.165, 1.54) is 0 Å². The average Bonchev–Trinajstić information content (AvgIpc) is 2.48. The average molecular weight is 177 g/mol. The minimum Gasteiger partial charge on any atom is -0.354 e. The van der Waals surface area contributed by atoms with Gasteiger partial charge in [-0.1, -0.05) is 0 Å². The molecule has 1 amide bonds. The molecular formula is C7H13ClN2O. The smallest absolute Gasteiger partial charge is 0.240 e. The summed E-state index contributed by atoms with van der Waals surface area (Å²) < 4.78 is 0. The molecule has 1 spiro atoms. The zero-order chi connectivity index (χ0) is 7.03. The Kier molecular flexibility index (Phi) is 2.40. The molecule has 2 aliphatic rings. The van der Waals surface area contributed by atoms with Crippen LogP contribution in [0.15, 0.2) is 0 Å². The number of halogens is 1. The molecule has 2 fully saturated rings. The second-order valence-electron chi connectivity index (χ2n) is 3.12. The number of hydrogen-bond donors (Lipinski definition) is 2. The number of rotatable bonds is 0. The molecule has 0 aromatic heterocycles. The van der Waals surface area contributed by atoms with Crippen LogP contribution >= 0.6 is 12.4 Å². The molecule has 2 rings (SSSR count). The Labute approximate surface area is 72.3 Å². The van der Waals surface area contributed by atoms with Crippen molar-refractivity contribution >= 4 is 18.3 Å². The molecule has 1 unspecified atom stereocenters. The highest BCUT2D eigenvalue weighted by atomic mass is 35.5. The first-order valence-electron chi connectivity index (χ1n) is 3.87. The van der Waals surface area contributed by atoms with Crippen molar-refractivity contribution in [2.75, 3.05) is 13.1 Å². The van der Waals surface area contributed by atoms with Gasteiger partial charge in [0, 0.05) is 6.54 Å². The third kappa shape index (κ3) is 1.23. The quantitative estimate of drug-likeness (QED) is 0.548. The fourth-order valence-corrected chi connectivity index (χ4v) is 1.89. The summed E-state index contributed by atoms with van der Waals surface area (Å²) in [6.45, 7) is 1.86. The molecule has 1 atom stereocenters. The Hall–Kier alpha value is -0.280. The zero-order valence-electron chi connectivity index (χ0n) is 6.35. The maximum absolute atomic E-state index is 11.2. The van der Waals surface area contributed by atoms with Gasteiger partial charge >= 0.3 is 0 Å². The van der Waals surface area contributed by atoms with E-state index in [1.807, 2.05) is 0 Å². The molecule has 0 bridgehead atoms. The van der Waals surface area contributed by atoms with Crippen molar-refractivity contribution < 1.29 is 4.79 Å². The normalized spacial score (nSPS) is 35.5. The molecule has 4 heteroatoms. The molecule has 2 saturated heterocycles. The van der Waals surface area contributed by atoms with Gasteiger partial charge in [0.25, 0.3) is 0 Å². The standard InChI is InChI=1S/C7H12N2O.ClH/c10-6-7(3-5-8-6)2-1-4-9-7;/h9H,1-5H2,(H,8,10);1H. The van der Waals surface area contributed by atoms with Crippen LogP contribution in [-0.2, 0) is 4.79 Å². The largest absolute Gasteiger partial charge is 0.354 e. The SMILES string of the molecule is Cl.O=C1NCCC12CCCN2. The van der Waals surface area contributed by atoms with Gasteiger partial charge in [-0.2, -0.15) is 0 Å². The summed E-state index contributed by atoms with van der Waals surface area (Å²) >= 11 is 0. The molecule has 0 saturated carbocycles. The van der Waals surface area contributed by atoms with Crippen LogP contribution in [0.2, 0.25) is 0 Å².